The maximum atomic E-state index is 11.7. The number of carboxylic acid groups (broad SMARTS) is 1. The van der Waals surface area contributed by atoms with E-state index in [0.29, 0.717) is 24.8 Å². The number of sulfonamides is 1. The van der Waals surface area contributed by atoms with Gasteiger partial charge in [0, 0.05) is 13.0 Å². The Morgan fingerprint density at radius 3 is 2.45 bits per heavy atom. The molecule has 0 spiro atoms. The average molecular weight is 296 g/mol. The van der Waals surface area contributed by atoms with Gasteiger partial charge in [0.2, 0.25) is 10.0 Å². The first-order valence-electron chi connectivity index (χ1n) is 6.11. The zero-order chi connectivity index (χ0) is 15.0. The molecule has 0 atom stereocenters. The zero-order valence-corrected chi connectivity index (χ0v) is 11.7. The molecule has 7 heteroatoms. The minimum absolute atomic E-state index is 0.0120. The Kier molecular flexibility index (Phi) is 6.15. The summed E-state index contributed by atoms with van der Waals surface area (Å²) in [5.74, 6) is -1.03. The lowest BCUT2D eigenvalue weighted by atomic mass is 10.1. The lowest BCUT2D eigenvalue weighted by molar-refractivity contribution is 0.0697. The molecular formula is C13H16N2O4S. The van der Waals surface area contributed by atoms with Gasteiger partial charge in [0.1, 0.15) is 0 Å². The first-order chi connectivity index (χ1) is 9.44. The fourth-order valence-corrected chi connectivity index (χ4v) is 2.64. The molecule has 1 rings (SSSR count). The van der Waals surface area contributed by atoms with Gasteiger partial charge >= 0.3 is 5.97 Å². The molecule has 1 aromatic rings. The van der Waals surface area contributed by atoms with E-state index in [9.17, 15) is 13.2 Å². The predicted molar refractivity (Wildman–Crippen MR) is 73.5 cm³/mol. The molecule has 0 unspecified atom stereocenters. The van der Waals surface area contributed by atoms with Crippen molar-refractivity contribution in [3.05, 3.63) is 35.4 Å². The van der Waals surface area contributed by atoms with Crippen molar-refractivity contribution in [2.45, 2.75) is 25.8 Å². The molecular weight excluding hydrogens is 280 g/mol. The van der Waals surface area contributed by atoms with Crippen molar-refractivity contribution >= 4 is 16.0 Å². The Hall–Kier alpha value is -1.91. The number of nitrogens with one attached hydrogen (secondary N) is 1. The second kappa shape index (κ2) is 7.62. The van der Waals surface area contributed by atoms with Gasteiger partial charge in [-0.15, -0.1) is 0 Å². The Bertz CT molecular complexity index is 588. The highest BCUT2D eigenvalue weighted by Gasteiger charge is 2.09. The largest absolute Gasteiger partial charge is 0.478 e. The van der Waals surface area contributed by atoms with Crippen molar-refractivity contribution in [2.24, 2.45) is 0 Å². The Balaban J connectivity index is 2.45. The summed E-state index contributed by atoms with van der Waals surface area (Å²) in [7, 11) is -3.36. The molecule has 0 aliphatic rings. The summed E-state index contributed by atoms with van der Waals surface area (Å²) in [6.45, 7) is 0.125. The van der Waals surface area contributed by atoms with Crippen LogP contribution in [-0.4, -0.2) is 25.2 Å². The Morgan fingerprint density at radius 2 is 1.90 bits per heavy atom. The Morgan fingerprint density at radius 1 is 1.25 bits per heavy atom. The second-order valence-corrected chi connectivity index (χ2v) is 6.18. The molecule has 1 aromatic carbocycles. The molecule has 0 bridgehead atoms. The van der Waals surface area contributed by atoms with Gasteiger partial charge in [-0.3, -0.25) is 0 Å². The van der Waals surface area contributed by atoms with E-state index in [-0.39, 0.29) is 17.9 Å². The quantitative estimate of drug-likeness (QED) is 0.707. The number of benzene rings is 1. The molecule has 0 radical (unpaired) electrons. The van der Waals surface area contributed by atoms with Crippen molar-refractivity contribution in [1.29, 1.82) is 5.26 Å². The highest BCUT2D eigenvalue weighted by Crippen LogP contribution is 2.05. The number of nitriles is 1. The van der Waals surface area contributed by atoms with E-state index in [0.717, 1.165) is 0 Å². The summed E-state index contributed by atoms with van der Waals surface area (Å²) >= 11 is 0. The minimum Gasteiger partial charge on any atom is -0.478 e. The number of aromatic carboxylic acids is 1. The van der Waals surface area contributed by atoms with Crippen LogP contribution in [-0.2, 0) is 16.6 Å². The summed E-state index contributed by atoms with van der Waals surface area (Å²) in [6, 6.07) is 7.96. The van der Waals surface area contributed by atoms with E-state index in [1.165, 1.54) is 12.1 Å². The lowest BCUT2D eigenvalue weighted by Crippen LogP contribution is -2.25. The maximum absolute atomic E-state index is 11.7. The summed E-state index contributed by atoms with van der Waals surface area (Å²) in [5, 5.41) is 17.1. The molecule has 0 amide bonds. The van der Waals surface area contributed by atoms with Crippen molar-refractivity contribution in [3.63, 3.8) is 0 Å². The fraction of sp³-hybridized carbons (Fsp3) is 0.385. The van der Waals surface area contributed by atoms with Gasteiger partial charge in [0.05, 0.1) is 17.4 Å². The molecule has 108 valence electrons. The van der Waals surface area contributed by atoms with E-state index in [4.69, 9.17) is 10.4 Å². The van der Waals surface area contributed by atoms with E-state index < -0.39 is 16.0 Å². The zero-order valence-electron chi connectivity index (χ0n) is 10.9. The number of carboxylic acids is 1. The van der Waals surface area contributed by atoms with Crippen molar-refractivity contribution < 1.29 is 18.3 Å². The highest BCUT2D eigenvalue weighted by molar-refractivity contribution is 7.89. The molecule has 0 saturated carbocycles. The summed E-state index contributed by atoms with van der Waals surface area (Å²) < 4.78 is 25.8. The lowest BCUT2D eigenvalue weighted by Gasteiger charge is -2.06. The molecule has 2 N–H and O–H groups in total. The average Bonchev–Trinajstić information content (AvgIpc) is 2.42. The number of rotatable bonds is 8. The first kappa shape index (κ1) is 16.1. The number of hydrogen-bond donors (Lipinski definition) is 2. The van der Waals surface area contributed by atoms with E-state index in [1.54, 1.807) is 12.1 Å². The van der Waals surface area contributed by atoms with Gasteiger partial charge in [-0.25, -0.2) is 17.9 Å². The normalized spacial score (nSPS) is 10.9. The van der Waals surface area contributed by atoms with Crippen LogP contribution in [0.2, 0.25) is 0 Å². The second-order valence-electron chi connectivity index (χ2n) is 4.26. The monoisotopic (exact) mass is 296 g/mol. The van der Waals surface area contributed by atoms with E-state index in [1.807, 2.05) is 6.07 Å². The van der Waals surface area contributed by atoms with Crippen molar-refractivity contribution in [1.82, 2.24) is 4.72 Å². The molecule has 0 heterocycles. The maximum Gasteiger partial charge on any atom is 0.335 e. The summed E-state index contributed by atoms with van der Waals surface area (Å²) in [6.07, 6.45) is 1.36. The van der Waals surface area contributed by atoms with Crippen LogP contribution in [0.15, 0.2) is 24.3 Å². The number of unbranched alkanes of at least 4 members (excludes halogenated alkanes) is 2. The summed E-state index contributed by atoms with van der Waals surface area (Å²) in [5.41, 5.74) is 0.851. The predicted octanol–water partition coefficient (Wildman–Crippen LogP) is 1.50. The van der Waals surface area contributed by atoms with Gasteiger partial charge in [0.15, 0.2) is 0 Å². The Labute approximate surface area is 118 Å². The number of hydrogen-bond acceptors (Lipinski definition) is 4. The molecule has 0 aliphatic heterocycles. The van der Waals surface area contributed by atoms with Crippen LogP contribution in [0.4, 0.5) is 0 Å². The van der Waals surface area contributed by atoms with Crippen LogP contribution in [0, 0.1) is 11.3 Å². The molecule has 0 fully saturated rings. The van der Waals surface area contributed by atoms with Gasteiger partial charge < -0.3 is 5.11 Å². The fourth-order valence-electron chi connectivity index (χ4n) is 1.53. The smallest absolute Gasteiger partial charge is 0.335 e. The number of nitrogens with zero attached hydrogens (tertiary/aromatic N) is 1. The third-order valence-electron chi connectivity index (χ3n) is 2.65. The molecule has 0 aliphatic carbocycles. The topological polar surface area (TPSA) is 107 Å². The molecule has 20 heavy (non-hydrogen) atoms. The molecule has 0 aromatic heterocycles. The SMILES string of the molecule is N#CCCCCS(=O)(=O)NCc1ccc(C(=O)O)cc1. The number of carbonyl (C=O) groups is 1. The summed E-state index contributed by atoms with van der Waals surface area (Å²) in [4.78, 5) is 10.7. The van der Waals surface area contributed by atoms with Crippen LogP contribution in [0.25, 0.3) is 0 Å². The van der Waals surface area contributed by atoms with Crippen molar-refractivity contribution in [3.8, 4) is 6.07 Å². The van der Waals surface area contributed by atoms with Gasteiger partial charge in [0.25, 0.3) is 0 Å². The van der Waals surface area contributed by atoms with E-state index in [2.05, 4.69) is 4.72 Å². The van der Waals surface area contributed by atoms with E-state index >= 15 is 0 Å². The van der Waals surface area contributed by atoms with Crippen LogP contribution in [0.1, 0.15) is 35.2 Å². The van der Waals surface area contributed by atoms with Gasteiger partial charge in [-0.1, -0.05) is 12.1 Å². The first-order valence-corrected chi connectivity index (χ1v) is 7.76. The van der Waals surface area contributed by atoms with Crippen LogP contribution >= 0.6 is 0 Å². The van der Waals surface area contributed by atoms with Gasteiger partial charge in [-0.2, -0.15) is 5.26 Å². The third-order valence-corrected chi connectivity index (χ3v) is 4.06. The van der Waals surface area contributed by atoms with Crippen LogP contribution in [0.3, 0.4) is 0 Å². The third kappa shape index (κ3) is 5.82. The van der Waals surface area contributed by atoms with Crippen LogP contribution in [0.5, 0.6) is 0 Å². The molecule has 0 saturated heterocycles. The van der Waals surface area contributed by atoms with Gasteiger partial charge in [-0.05, 0) is 30.5 Å². The molecule has 6 nitrogen and oxygen atoms in total. The highest BCUT2D eigenvalue weighted by atomic mass is 32.2. The van der Waals surface area contributed by atoms with Crippen molar-refractivity contribution in [2.75, 3.05) is 5.75 Å². The minimum atomic E-state index is -3.36. The standard InChI is InChI=1S/C13H16N2O4S/c14-8-2-1-3-9-20(18,19)15-10-11-4-6-12(7-5-11)13(16)17/h4-7,15H,1-3,9-10H2,(H,16,17). The van der Waals surface area contributed by atoms with Crippen LogP contribution < -0.4 is 4.72 Å².